The summed E-state index contributed by atoms with van der Waals surface area (Å²) < 4.78 is 0. The number of nitrogens with one attached hydrogen (secondary N) is 4. The molecule has 2 unspecified atom stereocenters. The van der Waals surface area contributed by atoms with Crippen molar-refractivity contribution in [3.8, 4) is 0 Å². The number of para-hydroxylation sites is 1. The Balaban J connectivity index is 0.00000288. The van der Waals surface area contributed by atoms with Crippen molar-refractivity contribution in [2.75, 3.05) is 18.4 Å². The number of urea groups is 1. The number of anilines is 1. The van der Waals surface area contributed by atoms with E-state index in [2.05, 4.69) is 28.2 Å². The summed E-state index contributed by atoms with van der Waals surface area (Å²) in [4.78, 5) is 24.5. The largest absolute Gasteiger partial charge is 0.349 e. The SMILES string of the molecule is CC(C)NC(=O)Nc1ccccc1C(=O)NC1CCNCC1C.Cl. The van der Waals surface area contributed by atoms with Gasteiger partial charge in [0.25, 0.3) is 5.91 Å². The molecule has 1 aromatic rings. The third kappa shape index (κ3) is 5.69. The topological polar surface area (TPSA) is 82.3 Å². The fourth-order valence-electron chi connectivity index (χ4n) is 2.69. The fourth-order valence-corrected chi connectivity index (χ4v) is 2.69. The Morgan fingerprint density at radius 2 is 1.96 bits per heavy atom. The molecule has 4 N–H and O–H groups in total. The molecule has 1 saturated heterocycles. The van der Waals surface area contributed by atoms with Crippen LogP contribution in [0, 0.1) is 5.92 Å². The zero-order valence-electron chi connectivity index (χ0n) is 14.4. The molecule has 1 aromatic carbocycles. The molecule has 2 rings (SSSR count). The van der Waals surface area contributed by atoms with Crippen LogP contribution in [0.15, 0.2) is 24.3 Å². The van der Waals surface area contributed by atoms with Crippen molar-refractivity contribution >= 4 is 30.0 Å². The van der Waals surface area contributed by atoms with Crippen LogP contribution in [0.2, 0.25) is 0 Å². The Labute approximate surface area is 149 Å². The first-order valence-electron chi connectivity index (χ1n) is 8.15. The van der Waals surface area contributed by atoms with Gasteiger partial charge in [-0.15, -0.1) is 12.4 Å². The Bertz CT molecular complexity index is 565. The van der Waals surface area contributed by atoms with Crippen LogP contribution < -0.4 is 21.3 Å². The Morgan fingerprint density at radius 3 is 2.62 bits per heavy atom. The van der Waals surface area contributed by atoms with Crippen LogP contribution in [0.4, 0.5) is 10.5 Å². The number of rotatable bonds is 4. The van der Waals surface area contributed by atoms with Crippen LogP contribution in [0.1, 0.15) is 37.6 Å². The van der Waals surface area contributed by atoms with Gasteiger partial charge in [-0.25, -0.2) is 4.79 Å². The van der Waals surface area contributed by atoms with E-state index in [9.17, 15) is 9.59 Å². The third-order valence-electron chi connectivity index (χ3n) is 3.94. The summed E-state index contributed by atoms with van der Waals surface area (Å²) in [6, 6.07) is 6.94. The number of piperidine rings is 1. The van der Waals surface area contributed by atoms with Crippen molar-refractivity contribution in [3.05, 3.63) is 29.8 Å². The zero-order valence-corrected chi connectivity index (χ0v) is 15.2. The lowest BCUT2D eigenvalue weighted by Crippen LogP contribution is -2.48. The first-order chi connectivity index (χ1) is 11.0. The molecule has 0 radical (unpaired) electrons. The summed E-state index contributed by atoms with van der Waals surface area (Å²) in [5.41, 5.74) is 1.00. The van der Waals surface area contributed by atoms with E-state index >= 15 is 0 Å². The predicted octanol–water partition coefficient (Wildman–Crippen LogP) is 2.37. The molecule has 134 valence electrons. The molecule has 0 bridgehead atoms. The highest BCUT2D eigenvalue weighted by molar-refractivity contribution is 6.03. The molecule has 0 aliphatic carbocycles. The number of hydrogen-bond acceptors (Lipinski definition) is 3. The smallest absolute Gasteiger partial charge is 0.319 e. The van der Waals surface area contributed by atoms with E-state index in [4.69, 9.17) is 0 Å². The van der Waals surface area contributed by atoms with Gasteiger partial charge in [0.15, 0.2) is 0 Å². The summed E-state index contributed by atoms with van der Waals surface area (Å²) >= 11 is 0. The van der Waals surface area contributed by atoms with Crippen LogP contribution in [-0.2, 0) is 0 Å². The van der Waals surface area contributed by atoms with Gasteiger partial charge in [-0.3, -0.25) is 4.79 Å². The highest BCUT2D eigenvalue weighted by Crippen LogP contribution is 2.17. The molecular weight excluding hydrogens is 328 g/mol. The van der Waals surface area contributed by atoms with Crippen molar-refractivity contribution in [2.45, 2.75) is 39.3 Å². The Kier molecular flexibility index (Phi) is 8.01. The average molecular weight is 355 g/mol. The van der Waals surface area contributed by atoms with Crippen molar-refractivity contribution in [2.24, 2.45) is 5.92 Å². The van der Waals surface area contributed by atoms with E-state index in [1.54, 1.807) is 24.3 Å². The molecular formula is C17H27ClN4O2. The highest BCUT2D eigenvalue weighted by atomic mass is 35.5. The summed E-state index contributed by atoms with van der Waals surface area (Å²) in [6.07, 6.45) is 0.913. The van der Waals surface area contributed by atoms with E-state index < -0.39 is 0 Å². The second kappa shape index (κ2) is 9.49. The Hall–Kier alpha value is -1.79. The number of carbonyl (C=O) groups excluding carboxylic acids is 2. The lowest BCUT2D eigenvalue weighted by atomic mass is 9.95. The maximum Gasteiger partial charge on any atom is 0.319 e. The quantitative estimate of drug-likeness (QED) is 0.670. The molecule has 0 spiro atoms. The second-order valence-electron chi connectivity index (χ2n) is 6.35. The van der Waals surface area contributed by atoms with Crippen LogP contribution in [0.25, 0.3) is 0 Å². The number of carbonyl (C=O) groups is 2. The molecule has 1 aliphatic heterocycles. The minimum atomic E-state index is -0.310. The van der Waals surface area contributed by atoms with Gasteiger partial charge in [-0.2, -0.15) is 0 Å². The molecule has 1 fully saturated rings. The normalized spacial score (nSPS) is 20.0. The molecule has 1 heterocycles. The molecule has 1 aliphatic rings. The molecule has 7 heteroatoms. The van der Waals surface area contributed by atoms with Gasteiger partial charge in [0.2, 0.25) is 0 Å². The molecule has 24 heavy (non-hydrogen) atoms. The van der Waals surface area contributed by atoms with Crippen molar-refractivity contribution in [3.63, 3.8) is 0 Å². The summed E-state index contributed by atoms with van der Waals surface area (Å²) in [5, 5.41) is 11.9. The standard InChI is InChI=1S/C17H26N4O2.ClH/c1-11(2)19-17(23)21-15-7-5-4-6-13(15)16(22)20-14-8-9-18-10-12(14)3;/h4-7,11-12,14,18H,8-10H2,1-3H3,(H,20,22)(H2,19,21,23);1H. The minimum absolute atomic E-state index is 0. The predicted molar refractivity (Wildman–Crippen MR) is 98.9 cm³/mol. The number of halogens is 1. The van der Waals surface area contributed by atoms with Gasteiger partial charge in [-0.1, -0.05) is 19.1 Å². The number of benzene rings is 1. The molecule has 6 nitrogen and oxygen atoms in total. The van der Waals surface area contributed by atoms with Gasteiger partial charge < -0.3 is 21.3 Å². The van der Waals surface area contributed by atoms with Crippen LogP contribution in [0.5, 0.6) is 0 Å². The van der Waals surface area contributed by atoms with Crippen LogP contribution in [0.3, 0.4) is 0 Å². The average Bonchev–Trinajstić information content (AvgIpc) is 2.49. The summed E-state index contributed by atoms with van der Waals surface area (Å²) in [5.74, 6) is 0.237. The lowest BCUT2D eigenvalue weighted by molar-refractivity contribution is 0.0915. The fraction of sp³-hybridized carbons (Fsp3) is 0.529. The van der Waals surface area contributed by atoms with Crippen LogP contribution in [-0.4, -0.2) is 37.1 Å². The third-order valence-corrected chi connectivity index (χ3v) is 3.94. The van der Waals surface area contributed by atoms with Crippen molar-refractivity contribution in [1.82, 2.24) is 16.0 Å². The van der Waals surface area contributed by atoms with Crippen molar-refractivity contribution < 1.29 is 9.59 Å². The van der Waals surface area contributed by atoms with Crippen LogP contribution >= 0.6 is 12.4 Å². The first kappa shape index (κ1) is 20.3. The molecule has 3 amide bonds. The highest BCUT2D eigenvalue weighted by Gasteiger charge is 2.24. The van der Waals surface area contributed by atoms with Gasteiger partial charge in [0.05, 0.1) is 11.3 Å². The molecule has 0 saturated carbocycles. The van der Waals surface area contributed by atoms with Gasteiger partial charge in [0, 0.05) is 12.1 Å². The summed E-state index contributed by atoms with van der Waals surface area (Å²) in [6.45, 7) is 7.71. The minimum Gasteiger partial charge on any atom is -0.349 e. The summed E-state index contributed by atoms with van der Waals surface area (Å²) in [7, 11) is 0. The van der Waals surface area contributed by atoms with Gasteiger partial charge >= 0.3 is 6.03 Å². The molecule has 0 aromatic heterocycles. The Morgan fingerprint density at radius 1 is 1.25 bits per heavy atom. The van der Waals surface area contributed by atoms with E-state index in [1.165, 1.54) is 0 Å². The second-order valence-corrected chi connectivity index (χ2v) is 6.35. The van der Waals surface area contributed by atoms with E-state index in [1.807, 2.05) is 13.8 Å². The maximum atomic E-state index is 12.6. The lowest BCUT2D eigenvalue weighted by Gasteiger charge is -2.30. The van der Waals surface area contributed by atoms with Gasteiger partial charge in [-0.05, 0) is 51.4 Å². The van der Waals surface area contributed by atoms with E-state index in [0.717, 1.165) is 19.5 Å². The monoisotopic (exact) mass is 354 g/mol. The van der Waals surface area contributed by atoms with E-state index in [-0.39, 0.29) is 36.4 Å². The zero-order chi connectivity index (χ0) is 16.8. The van der Waals surface area contributed by atoms with Crippen molar-refractivity contribution in [1.29, 1.82) is 0 Å². The molecule has 2 atom stereocenters. The maximum absolute atomic E-state index is 12.6. The van der Waals surface area contributed by atoms with Gasteiger partial charge in [0.1, 0.15) is 0 Å². The first-order valence-corrected chi connectivity index (χ1v) is 8.15. The number of hydrogen-bond donors (Lipinski definition) is 4. The number of amides is 3. The van der Waals surface area contributed by atoms with E-state index in [0.29, 0.717) is 17.2 Å².